The predicted molar refractivity (Wildman–Crippen MR) is 57.0 cm³/mol. The molecule has 0 amide bonds. The lowest BCUT2D eigenvalue weighted by Crippen LogP contribution is -2.26. The van der Waals surface area contributed by atoms with Gasteiger partial charge in [0.2, 0.25) is 0 Å². The lowest BCUT2D eigenvalue weighted by molar-refractivity contribution is 0.114. The zero-order valence-electron chi connectivity index (χ0n) is 7.41. The van der Waals surface area contributed by atoms with Gasteiger partial charge >= 0.3 is 0 Å². The van der Waals surface area contributed by atoms with E-state index in [0.717, 1.165) is 0 Å². The highest BCUT2D eigenvalue weighted by Gasteiger charge is 2.05. The van der Waals surface area contributed by atoms with Crippen molar-refractivity contribution in [2.24, 2.45) is 5.73 Å². The van der Waals surface area contributed by atoms with Gasteiger partial charge in [0.05, 0.1) is 5.02 Å². The molecule has 0 bridgehead atoms. The first-order chi connectivity index (χ1) is 6.63. The molecule has 14 heavy (non-hydrogen) atoms. The molecule has 0 saturated carbocycles. The predicted octanol–water partition coefficient (Wildman–Crippen LogP) is 1.69. The average Bonchev–Trinajstić information content (AvgIpc) is 2.19. The molecule has 0 fully saturated rings. The maximum absolute atomic E-state index is 9.15. The van der Waals surface area contributed by atoms with E-state index in [1.165, 1.54) is 0 Å². The van der Waals surface area contributed by atoms with Gasteiger partial charge in [0, 0.05) is 17.6 Å². The average molecular weight is 236 g/mol. The highest BCUT2D eigenvalue weighted by atomic mass is 35.5. The van der Waals surface area contributed by atoms with Crippen LogP contribution in [0.25, 0.3) is 0 Å². The third kappa shape index (κ3) is 3.35. The largest absolute Gasteiger partial charge is 0.489 e. The van der Waals surface area contributed by atoms with Crippen molar-refractivity contribution in [2.75, 3.05) is 13.2 Å². The smallest absolute Gasteiger partial charge is 0.139 e. The number of rotatable bonds is 4. The van der Waals surface area contributed by atoms with Crippen molar-refractivity contribution in [3.05, 3.63) is 28.2 Å². The van der Waals surface area contributed by atoms with Gasteiger partial charge < -0.3 is 15.6 Å². The van der Waals surface area contributed by atoms with Crippen molar-refractivity contribution in [3.63, 3.8) is 0 Å². The molecule has 0 aliphatic rings. The number of hydrogen-bond acceptors (Lipinski definition) is 3. The van der Waals surface area contributed by atoms with Crippen LogP contribution in [0.1, 0.15) is 0 Å². The standard InChI is InChI=1S/C9H11Cl2NO2/c10-6-1-2-8(11)9(3-6)14-5-7(13)4-12/h1-3,7,13H,4-5,12H2/t7-/m1/s1. The van der Waals surface area contributed by atoms with Crippen LogP contribution in [0.4, 0.5) is 0 Å². The summed E-state index contributed by atoms with van der Waals surface area (Å²) < 4.78 is 5.22. The van der Waals surface area contributed by atoms with Gasteiger partial charge in [0.25, 0.3) is 0 Å². The Morgan fingerprint density at radius 2 is 2.14 bits per heavy atom. The monoisotopic (exact) mass is 235 g/mol. The van der Waals surface area contributed by atoms with Crippen LogP contribution < -0.4 is 10.5 Å². The molecule has 0 saturated heterocycles. The molecule has 0 heterocycles. The molecule has 0 unspecified atom stereocenters. The first kappa shape index (κ1) is 11.6. The summed E-state index contributed by atoms with van der Waals surface area (Å²) >= 11 is 11.6. The van der Waals surface area contributed by atoms with E-state index in [-0.39, 0.29) is 13.2 Å². The van der Waals surface area contributed by atoms with Crippen LogP contribution >= 0.6 is 23.2 Å². The summed E-state index contributed by atoms with van der Waals surface area (Å²) in [5, 5.41) is 10.1. The number of aliphatic hydroxyl groups is 1. The van der Waals surface area contributed by atoms with Crippen LogP contribution in [0.5, 0.6) is 5.75 Å². The number of halogens is 2. The molecule has 0 radical (unpaired) electrons. The molecule has 0 aliphatic heterocycles. The summed E-state index contributed by atoms with van der Waals surface area (Å²) in [4.78, 5) is 0. The van der Waals surface area contributed by atoms with E-state index in [4.69, 9.17) is 38.8 Å². The molecule has 1 aromatic rings. The highest BCUT2D eigenvalue weighted by molar-refractivity contribution is 6.34. The van der Waals surface area contributed by atoms with E-state index >= 15 is 0 Å². The van der Waals surface area contributed by atoms with Crippen molar-refractivity contribution >= 4 is 23.2 Å². The second kappa shape index (κ2) is 5.41. The van der Waals surface area contributed by atoms with Crippen molar-refractivity contribution in [3.8, 4) is 5.75 Å². The summed E-state index contributed by atoms with van der Waals surface area (Å²) in [5.74, 6) is 0.451. The molecule has 1 aromatic carbocycles. The van der Waals surface area contributed by atoms with Gasteiger partial charge in [-0.25, -0.2) is 0 Å². The van der Waals surface area contributed by atoms with Crippen LogP contribution in [0.3, 0.4) is 0 Å². The van der Waals surface area contributed by atoms with Crippen LogP contribution in [-0.4, -0.2) is 24.4 Å². The van der Waals surface area contributed by atoms with Crippen molar-refractivity contribution in [1.29, 1.82) is 0 Å². The Kier molecular flexibility index (Phi) is 4.48. The topological polar surface area (TPSA) is 55.5 Å². The molecule has 1 rings (SSSR count). The Labute approximate surface area is 92.4 Å². The Balaban J connectivity index is 2.62. The highest BCUT2D eigenvalue weighted by Crippen LogP contribution is 2.27. The Morgan fingerprint density at radius 1 is 1.43 bits per heavy atom. The number of nitrogens with two attached hydrogens (primary N) is 1. The summed E-state index contributed by atoms with van der Waals surface area (Å²) in [5.41, 5.74) is 5.22. The first-order valence-corrected chi connectivity index (χ1v) is 4.85. The maximum Gasteiger partial charge on any atom is 0.139 e. The molecule has 0 aromatic heterocycles. The SMILES string of the molecule is NC[C@@H](O)COc1cc(Cl)ccc1Cl. The second-order valence-corrected chi connectivity index (χ2v) is 3.62. The second-order valence-electron chi connectivity index (χ2n) is 2.78. The van der Waals surface area contributed by atoms with Gasteiger partial charge in [0.15, 0.2) is 0 Å². The molecular formula is C9H11Cl2NO2. The van der Waals surface area contributed by atoms with E-state index in [9.17, 15) is 0 Å². The molecule has 78 valence electrons. The molecule has 0 aliphatic carbocycles. The number of benzene rings is 1. The van der Waals surface area contributed by atoms with Crippen LogP contribution in [0, 0.1) is 0 Å². The van der Waals surface area contributed by atoms with Crippen LogP contribution in [-0.2, 0) is 0 Å². The minimum absolute atomic E-state index is 0.108. The normalized spacial score (nSPS) is 12.6. The Hall–Kier alpha value is -0.480. The van der Waals surface area contributed by atoms with Gasteiger partial charge in [-0.3, -0.25) is 0 Å². The lowest BCUT2D eigenvalue weighted by Gasteiger charge is -2.11. The molecule has 3 N–H and O–H groups in total. The van der Waals surface area contributed by atoms with Gasteiger partial charge in [0.1, 0.15) is 18.5 Å². The molecule has 3 nitrogen and oxygen atoms in total. The van der Waals surface area contributed by atoms with E-state index in [2.05, 4.69) is 0 Å². The van der Waals surface area contributed by atoms with Crippen LogP contribution in [0.2, 0.25) is 10.0 Å². The van der Waals surface area contributed by atoms with E-state index < -0.39 is 6.10 Å². The molecule has 0 spiro atoms. The van der Waals surface area contributed by atoms with E-state index in [1.54, 1.807) is 18.2 Å². The van der Waals surface area contributed by atoms with Crippen molar-refractivity contribution in [1.82, 2.24) is 0 Å². The maximum atomic E-state index is 9.15. The fraction of sp³-hybridized carbons (Fsp3) is 0.333. The fourth-order valence-corrected chi connectivity index (χ4v) is 1.18. The lowest BCUT2D eigenvalue weighted by atomic mass is 10.3. The van der Waals surface area contributed by atoms with E-state index in [0.29, 0.717) is 15.8 Å². The van der Waals surface area contributed by atoms with Gasteiger partial charge in [-0.1, -0.05) is 23.2 Å². The minimum Gasteiger partial charge on any atom is -0.489 e. The zero-order valence-corrected chi connectivity index (χ0v) is 8.92. The number of ether oxygens (including phenoxy) is 1. The Bertz CT molecular complexity index is 307. The van der Waals surface area contributed by atoms with Gasteiger partial charge in [-0.15, -0.1) is 0 Å². The first-order valence-electron chi connectivity index (χ1n) is 4.09. The number of aliphatic hydroxyl groups excluding tert-OH is 1. The molecule has 1 atom stereocenters. The molecule has 5 heteroatoms. The van der Waals surface area contributed by atoms with Gasteiger partial charge in [-0.05, 0) is 12.1 Å². The van der Waals surface area contributed by atoms with Crippen molar-refractivity contribution < 1.29 is 9.84 Å². The summed E-state index contributed by atoms with van der Waals surface area (Å²) in [6.45, 7) is 0.259. The summed E-state index contributed by atoms with van der Waals surface area (Å²) in [6.07, 6.45) is -0.690. The Morgan fingerprint density at radius 3 is 2.79 bits per heavy atom. The number of hydrogen-bond donors (Lipinski definition) is 2. The quantitative estimate of drug-likeness (QED) is 0.836. The summed E-state index contributed by atoms with van der Waals surface area (Å²) in [6, 6.07) is 4.89. The van der Waals surface area contributed by atoms with Crippen molar-refractivity contribution in [2.45, 2.75) is 6.10 Å². The minimum atomic E-state index is -0.690. The van der Waals surface area contributed by atoms with E-state index in [1.807, 2.05) is 0 Å². The zero-order chi connectivity index (χ0) is 10.6. The van der Waals surface area contributed by atoms with Crippen LogP contribution in [0.15, 0.2) is 18.2 Å². The fourth-order valence-electron chi connectivity index (χ4n) is 0.842. The van der Waals surface area contributed by atoms with Gasteiger partial charge in [-0.2, -0.15) is 0 Å². The third-order valence-electron chi connectivity index (χ3n) is 1.60. The summed E-state index contributed by atoms with van der Waals surface area (Å²) in [7, 11) is 0. The molecular weight excluding hydrogens is 225 g/mol. The third-order valence-corrected chi connectivity index (χ3v) is 2.14.